The second-order valence-corrected chi connectivity index (χ2v) is 4.17. The maximum Gasteiger partial charge on any atom is 0.478 e. The van der Waals surface area contributed by atoms with Gasteiger partial charge in [-0.2, -0.15) is 48.3 Å². The van der Waals surface area contributed by atoms with Crippen LogP contribution >= 0.6 is 11.6 Å². The van der Waals surface area contributed by atoms with E-state index in [1.807, 2.05) is 4.74 Å². The molecule has 17 heteroatoms. The molecule has 0 fully saturated rings. The summed E-state index contributed by atoms with van der Waals surface area (Å²) < 4.78 is 152. The van der Waals surface area contributed by atoms with E-state index in [4.69, 9.17) is 5.11 Å². The lowest BCUT2D eigenvalue weighted by molar-refractivity contribution is -0.538. The monoisotopic (exact) mass is 412 g/mol. The van der Waals surface area contributed by atoms with Gasteiger partial charge in [-0.15, -0.1) is 0 Å². The van der Waals surface area contributed by atoms with E-state index < -0.39 is 41.7 Å². The third-order valence-corrected chi connectivity index (χ3v) is 2.26. The number of alkyl halides is 13. The molecule has 0 radical (unpaired) electrons. The number of ether oxygens (including phenoxy) is 2. The number of hydrogen-bond acceptors (Lipinski definition) is 3. The van der Waals surface area contributed by atoms with Gasteiger partial charge in [-0.3, -0.25) is 0 Å². The third-order valence-electron chi connectivity index (χ3n) is 1.83. The van der Waals surface area contributed by atoms with Crippen molar-refractivity contribution < 1.29 is 72.1 Å². The molecule has 0 bridgehead atoms. The molecule has 0 aliphatic rings. The maximum absolute atomic E-state index is 13.2. The molecule has 144 valence electrons. The Morgan fingerprint density at radius 2 is 1.12 bits per heavy atom. The summed E-state index contributed by atoms with van der Waals surface area (Å²) in [7, 11) is 0. The fraction of sp³-hybridized carbons (Fsp3) is 0.857. The van der Waals surface area contributed by atoms with Crippen LogP contribution in [0.2, 0.25) is 0 Å². The van der Waals surface area contributed by atoms with Gasteiger partial charge in [0.15, 0.2) is 0 Å². The van der Waals surface area contributed by atoms with E-state index >= 15 is 0 Å². The number of carbonyl (C=O) groups is 1. The predicted molar refractivity (Wildman–Crippen MR) is 45.3 cm³/mol. The topological polar surface area (TPSA) is 55.8 Å². The van der Waals surface area contributed by atoms with Gasteiger partial charge in [0.25, 0.3) is 0 Å². The molecule has 0 heterocycles. The van der Waals surface area contributed by atoms with Crippen molar-refractivity contribution in [1.82, 2.24) is 0 Å². The van der Waals surface area contributed by atoms with Gasteiger partial charge in [0.2, 0.25) is 0 Å². The van der Waals surface area contributed by atoms with Crippen LogP contribution in [0.1, 0.15) is 0 Å². The number of halogens is 13. The molecule has 0 aromatic heterocycles. The normalized spacial score (nSPS) is 19.5. The zero-order chi connectivity index (χ0) is 20.0. The number of carboxylic acids is 1. The number of hydrogen-bond donors (Lipinski definition) is 1. The largest absolute Gasteiger partial charge is 0.478 e. The van der Waals surface area contributed by atoms with Gasteiger partial charge < -0.3 is 5.11 Å². The molecule has 0 aromatic carbocycles. The van der Waals surface area contributed by atoms with E-state index in [1.54, 1.807) is 4.74 Å². The van der Waals surface area contributed by atoms with Crippen molar-refractivity contribution in [2.75, 3.05) is 0 Å². The van der Waals surface area contributed by atoms with Crippen molar-refractivity contribution in [3.63, 3.8) is 0 Å². The van der Waals surface area contributed by atoms with E-state index in [0.29, 0.717) is 0 Å². The van der Waals surface area contributed by atoms with Crippen LogP contribution in [-0.4, -0.2) is 46.8 Å². The first-order chi connectivity index (χ1) is 10.1. The smallest absolute Gasteiger partial charge is 0.475 e. The zero-order valence-corrected chi connectivity index (χ0v) is 10.8. The molecular weight excluding hydrogens is 412 g/mol. The first-order valence-electron chi connectivity index (χ1n) is 4.70. The zero-order valence-electron chi connectivity index (χ0n) is 10.1. The van der Waals surface area contributed by atoms with Gasteiger partial charge >= 0.3 is 41.7 Å². The second-order valence-electron chi connectivity index (χ2n) is 3.65. The maximum atomic E-state index is 13.2. The minimum absolute atomic E-state index is 1.75. The lowest BCUT2D eigenvalue weighted by Crippen LogP contribution is -2.61. The Morgan fingerprint density at radius 1 is 0.750 bits per heavy atom. The van der Waals surface area contributed by atoms with Crippen LogP contribution in [0.25, 0.3) is 0 Å². The van der Waals surface area contributed by atoms with Crippen molar-refractivity contribution in [3.8, 4) is 0 Å². The van der Waals surface area contributed by atoms with E-state index in [9.17, 15) is 57.5 Å². The standard InChI is InChI=1S/C7HClF12O4/c8-3(11,4(12,13)14)6(18,19)24-7(20,5(15,16)17)23-2(9,10)1(21)22/h(H,21,22). The van der Waals surface area contributed by atoms with Crippen molar-refractivity contribution in [1.29, 1.82) is 0 Å². The highest BCUT2D eigenvalue weighted by Gasteiger charge is 2.78. The Labute approximate surface area is 126 Å². The molecule has 0 aliphatic heterocycles. The summed E-state index contributed by atoms with van der Waals surface area (Å²) in [5.74, 6) is -3.67. The first-order valence-corrected chi connectivity index (χ1v) is 5.08. The molecule has 24 heavy (non-hydrogen) atoms. The molecule has 2 unspecified atom stereocenters. The highest BCUT2D eigenvalue weighted by Crippen LogP contribution is 2.53. The molecule has 0 rings (SSSR count). The van der Waals surface area contributed by atoms with E-state index in [1.165, 1.54) is 0 Å². The Kier molecular flexibility index (Phi) is 5.69. The van der Waals surface area contributed by atoms with Crippen molar-refractivity contribution in [2.24, 2.45) is 0 Å². The highest BCUT2D eigenvalue weighted by molar-refractivity contribution is 6.24. The summed E-state index contributed by atoms with van der Waals surface area (Å²) in [6.07, 6.45) is -27.2. The predicted octanol–water partition coefficient (Wildman–Crippen LogP) is 3.94. The summed E-state index contributed by atoms with van der Waals surface area (Å²) >= 11 is 3.63. The van der Waals surface area contributed by atoms with Crippen LogP contribution in [0, 0.1) is 0 Å². The Balaban J connectivity index is 5.96. The van der Waals surface area contributed by atoms with Gasteiger partial charge in [-0.25, -0.2) is 18.7 Å². The Bertz CT molecular complexity index is 485. The molecule has 0 saturated heterocycles. The van der Waals surface area contributed by atoms with Crippen LogP contribution in [0.3, 0.4) is 0 Å². The summed E-state index contributed by atoms with van der Waals surface area (Å²) in [6, 6.07) is -6.89. The van der Waals surface area contributed by atoms with E-state index in [2.05, 4.69) is 11.6 Å². The number of rotatable bonds is 6. The minimum atomic E-state index is -7.13. The Hall–Kier alpha value is -1.16. The molecule has 4 nitrogen and oxygen atoms in total. The average molecular weight is 413 g/mol. The molecule has 1 N–H and O–H groups in total. The van der Waals surface area contributed by atoms with E-state index in [-0.39, 0.29) is 0 Å². The fourth-order valence-corrected chi connectivity index (χ4v) is 0.778. The summed E-state index contributed by atoms with van der Waals surface area (Å²) in [5.41, 5.74) is 0. The number of aliphatic carboxylic acids is 1. The molecule has 0 saturated carbocycles. The highest BCUT2D eigenvalue weighted by atomic mass is 35.5. The van der Waals surface area contributed by atoms with E-state index in [0.717, 1.165) is 0 Å². The van der Waals surface area contributed by atoms with Crippen molar-refractivity contribution >= 4 is 17.6 Å². The van der Waals surface area contributed by atoms with Gasteiger partial charge in [-0.1, -0.05) is 11.6 Å². The SMILES string of the molecule is O=C(O)C(F)(F)OC(F)(OC(F)(F)C(F)(Cl)C(F)(F)F)C(F)(F)F. The van der Waals surface area contributed by atoms with Crippen LogP contribution in [0.15, 0.2) is 0 Å². The van der Waals surface area contributed by atoms with Crippen molar-refractivity contribution in [2.45, 2.75) is 35.7 Å². The van der Waals surface area contributed by atoms with Crippen molar-refractivity contribution in [3.05, 3.63) is 0 Å². The van der Waals surface area contributed by atoms with Gasteiger partial charge in [0.1, 0.15) is 0 Å². The molecule has 0 aromatic rings. The summed E-state index contributed by atoms with van der Waals surface area (Å²) in [5, 5.41) is 1.20. The quantitative estimate of drug-likeness (QED) is 0.408. The fourth-order valence-electron chi connectivity index (χ4n) is 0.739. The van der Waals surface area contributed by atoms with Crippen LogP contribution in [0.4, 0.5) is 52.7 Å². The third kappa shape index (κ3) is 4.27. The summed E-state index contributed by atoms with van der Waals surface area (Å²) in [6.45, 7) is 0. The molecular formula is C7HClF12O4. The minimum Gasteiger partial charge on any atom is -0.475 e. The molecule has 0 aliphatic carbocycles. The van der Waals surface area contributed by atoms with Crippen LogP contribution in [0.5, 0.6) is 0 Å². The lowest BCUT2D eigenvalue weighted by Gasteiger charge is -2.35. The first kappa shape index (κ1) is 22.8. The van der Waals surface area contributed by atoms with Gasteiger partial charge in [0, 0.05) is 0 Å². The Morgan fingerprint density at radius 3 is 1.38 bits per heavy atom. The molecule has 0 spiro atoms. The van der Waals surface area contributed by atoms with Crippen LogP contribution in [-0.2, 0) is 14.3 Å². The van der Waals surface area contributed by atoms with Gasteiger partial charge in [0.05, 0.1) is 0 Å². The second kappa shape index (κ2) is 5.98. The molecule has 0 amide bonds. The van der Waals surface area contributed by atoms with Crippen LogP contribution < -0.4 is 0 Å². The molecule has 2 atom stereocenters. The average Bonchev–Trinajstić information content (AvgIpc) is 2.23. The van der Waals surface area contributed by atoms with Gasteiger partial charge in [-0.05, 0) is 0 Å². The lowest BCUT2D eigenvalue weighted by atomic mass is 10.3. The number of carboxylic acid groups (broad SMARTS) is 1. The summed E-state index contributed by atoms with van der Waals surface area (Å²) in [4.78, 5) is 9.82.